The molecule has 1 aromatic rings. The zero-order valence-corrected chi connectivity index (χ0v) is 27.9. The van der Waals surface area contributed by atoms with Crippen LogP contribution in [0.2, 0.25) is 0 Å². The summed E-state index contributed by atoms with van der Waals surface area (Å²) >= 11 is 0. The summed E-state index contributed by atoms with van der Waals surface area (Å²) in [6.45, 7) is 26.0. The Balaban J connectivity index is 2.08. The first kappa shape index (κ1) is 31.0. The zero-order chi connectivity index (χ0) is 29.6. The van der Waals surface area contributed by atoms with Gasteiger partial charge in [0.15, 0.2) is 11.4 Å². The molecule has 4 rings (SSSR count). The van der Waals surface area contributed by atoms with E-state index in [-0.39, 0.29) is 27.3 Å². The van der Waals surface area contributed by atoms with Crippen molar-refractivity contribution in [2.24, 2.45) is 15.8 Å². The smallest absolute Gasteiger partial charge is 0.183 e. The second-order valence-electron chi connectivity index (χ2n) is 15.7. The molecule has 0 aromatic heterocycles. The van der Waals surface area contributed by atoms with Gasteiger partial charge in [-0.05, 0) is 89.3 Å². The van der Waals surface area contributed by atoms with Crippen LogP contribution in [0.3, 0.4) is 0 Å². The molecule has 2 aliphatic heterocycles. The average Bonchev–Trinajstić information content (AvgIpc) is 2.82. The van der Waals surface area contributed by atoms with Gasteiger partial charge in [0, 0.05) is 21.9 Å². The lowest BCUT2D eigenvalue weighted by atomic mass is 9.54. The highest BCUT2D eigenvalue weighted by Crippen LogP contribution is 2.60. The van der Waals surface area contributed by atoms with Crippen LogP contribution in [0.15, 0.2) is 46.6 Å². The molecule has 1 fully saturated rings. The average molecular weight is 544 g/mol. The Morgan fingerprint density at radius 1 is 0.800 bits per heavy atom. The van der Waals surface area contributed by atoms with Gasteiger partial charge < -0.3 is 5.32 Å². The van der Waals surface area contributed by atoms with Crippen molar-refractivity contribution in [3.05, 3.63) is 58.7 Å². The van der Waals surface area contributed by atoms with E-state index in [1.807, 2.05) is 0 Å². The van der Waals surface area contributed by atoms with E-state index in [9.17, 15) is 0 Å². The third kappa shape index (κ3) is 5.71. The van der Waals surface area contributed by atoms with Crippen LogP contribution >= 0.6 is 0 Å². The highest BCUT2D eigenvalue weighted by molar-refractivity contribution is 6.34. The van der Waals surface area contributed by atoms with Gasteiger partial charge in [0.2, 0.25) is 0 Å². The molecule has 0 bridgehead atoms. The Kier molecular flexibility index (Phi) is 8.55. The number of hydrogen-bond acceptors (Lipinski definition) is 2. The maximum atomic E-state index is 5.64. The van der Waals surface area contributed by atoms with E-state index in [1.165, 1.54) is 85.9 Å². The highest BCUT2D eigenvalue weighted by Gasteiger charge is 2.59. The van der Waals surface area contributed by atoms with Crippen molar-refractivity contribution in [1.82, 2.24) is 5.32 Å². The Morgan fingerprint density at radius 3 is 1.85 bits per heavy atom. The molecule has 1 saturated heterocycles. The minimum atomic E-state index is -0.0835. The molecular weight excluding hydrogens is 484 g/mol. The van der Waals surface area contributed by atoms with Gasteiger partial charge in [-0.1, -0.05) is 86.3 Å². The van der Waals surface area contributed by atoms with Crippen LogP contribution in [0.5, 0.6) is 0 Å². The Hall–Kier alpha value is -1.96. The first-order chi connectivity index (χ1) is 18.7. The normalized spacial score (nSPS) is 22.6. The van der Waals surface area contributed by atoms with E-state index >= 15 is 0 Å². The molecule has 0 amide bonds. The van der Waals surface area contributed by atoms with E-state index in [1.54, 1.807) is 11.5 Å². The molecule has 2 heterocycles. The van der Waals surface area contributed by atoms with Crippen LogP contribution in [0.25, 0.3) is 5.57 Å². The number of hydrogen-bond donors (Lipinski definition) is 1. The lowest BCUT2D eigenvalue weighted by Crippen LogP contribution is -2.54. The predicted octanol–water partition coefficient (Wildman–Crippen LogP) is 10.8. The van der Waals surface area contributed by atoms with Crippen molar-refractivity contribution in [3.8, 4) is 0 Å². The van der Waals surface area contributed by atoms with Crippen LogP contribution in [0.1, 0.15) is 151 Å². The summed E-state index contributed by atoms with van der Waals surface area (Å²) in [5, 5.41) is 4.13. The van der Waals surface area contributed by atoms with Gasteiger partial charge >= 0.3 is 0 Å². The van der Waals surface area contributed by atoms with Crippen molar-refractivity contribution < 1.29 is 0 Å². The lowest BCUT2D eigenvalue weighted by Gasteiger charge is -2.50. The molecule has 0 unspecified atom stereocenters. The standard InChI is InChI=1S/C38H59N2/c1-12-20-37(21-13-2)25-35(8,9)39-32-29(37)24-30-33(31(32)27-16-18-28(19-17-27)34(5,6)7)40-36(10,11)26-38(30,22-14-3)23-15-4/h16-19,24,39H,12-15,20-23,25-26H2,1-11H3/q+1. The Bertz CT molecular complexity index is 1140. The lowest BCUT2D eigenvalue weighted by molar-refractivity contribution is 0.168. The molecule has 0 spiro atoms. The molecule has 0 atom stereocenters. The number of piperidine rings is 1. The fourth-order valence-electron chi connectivity index (χ4n) is 8.80. The molecular formula is C38H59N2+. The summed E-state index contributed by atoms with van der Waals surface area (Å²) in [6, 6.07) is 9.50. The third-order valence-corrected chi connectivity index (χ3v) is 9.83. The number of fused-ring (bicyclic) bond motifs is 2. The fraction of sp³-hybridized carbons (Fsp3) is 0.684. The second-order valence-corrected chi connectivity index (χ2v) is 15.7. The van der Waals surface area contributed by atoms with E-state index in [4.69, 9.17) is 4.99 Å². The van der Waals surface area contributed by atoms with E-state index in [0.717, 1.165) is 6.42 Å². The van der Waals surface area contributed by atoms with Crippen LogP contribution < -0.4 is 5.32 Å². The van der Waals surface area contributed by atoms with Gasteiger partial charge in [-0.2, -0.15) is 0 Å². The summed E-state index contributed by atoms with van der Waals surface area (Å²) in [6.07, 6.45) is 14.8. The van der Waals surface area contributed by atoms with Gasteiger partial charge in [-0.3, -0.25) is 4.99 Å². The molecule has 0 saturated carbocycles. The fourth-order valence-corrected chi connectivity index (χ4v) is 8.80. The van der Waals surface area contributed by atoms with Gasteiger partial charge in [0.25, 0.3) is 0 Å². The molecule has 2 heteroatoms. The minimum Gasteiger partial charge on any atom is -0.358 e. The quantitative estimate of drug-likeness (QED) is 0.308. The van der Waals surface area contributed by atoms with Crippen molar-refractivity contribution in [2.75, 3.05) is 0 Å². The molecule has 0 radical (unpaired) electrons. The van der Waals surface area contributed by atoms with E-state index in [0.29, 0.717) is 0 Å². The summed E-state index contributed by atoms with van der Waals surface area (Å²) in [5.74, 6) is 1.54. The SMILES string of the molecule is CCCC1(CCC)CC(C)(C)NC2=C(c3ccc(C(C)(C)C)cc3)C3=NC(C)(C)CC(CCC)(CCC)[C+]3C=C21. The van der Waals surface area contributed by atoms with Crippen molar-refractivity contribution in [3.63, 3.8) is 0 Å². The summed E-state index contributed by atoms with van der Waals surface area (Å²) < 4.78 is 0. The number of rotatable bonds is 9. The monoisotopic (exact) mass is 543 g/mol. The first-order valence-corrected chi connectivity index (χ1v) is 16.5. The van der Waals surface area contributed by atoms with Crippen molar-refractivity contribution in [2.45, 2.75) is 157 Å². The molecule has 40 heavy (non-hydrogen) atoms. The largest absolute Gasteiger partial charge is 0.358 e. The van der Waals surface area contributed by atoms with Crippen LogP contribution in [-0.4, -0.2) is 16.8 Å². The second kappa shape index (κ2) is 11.0. The summed E-state index contributed by atoms with van der Waals surface area (Å²) in [5.41, 5.74) is 8.73. The summed E-state index contributed by atoms with van der Waals surface area (Å²) in [4.78, 5) is 5.64. The minimum absolute atomic E-state index is 0.0276. The number of nitrogens with one attached hydrogen (secondary N) is 1. The van der Waals surface area contributed by atoms with E-state index < -0.39 is 0 Å². The maximum absolute atomic E-state index is 5.64. The van der Waals surface area contributed by atoms with Crippen LogP contribution in [0, 0.1) is 16.7 Å². The van der Waals surface area contributed by atoms with Crippen molar-refractivity contribution in [1.29, 1.82) is 0 Å². The molecule has 1 N–H and O–H groups in total. The van der Waals surface area contributed by atoms with Crippen LogP contribution in [-0.2, 0) is 5.41 Å². The van der Waals surface area contributed by atoms with Crippen molar-refractivity contribution >= 4 is 11.3 Å². The number of allylic oxidation sites excluding steroid dienone is 3. The zero-order valence-electron chi connectivity index (χ0n) is 27.9. The third-order valence-electron chi connectivity index (χ3n) is 9.83. The molecule has 220 valence electrons. The number of nitrogens with zero attached hydrogens (tertiary/aromatic N) is 1. The molecule has 3 aliphatic rings. The Morgan fingerprint density at radius 2 is 1.35 bits per heavy atom. The molecule has 2 nitrogen and oxygen atoms in total. The maximum Gasteiger partial charge on any atom is 0.183 e. The Labute approximate surface area is 247 Å². The van der Waals surface area contributed by atoms with Gasteiger partial charge in [-0.15, -0.1) is 0 Å². The predicted molar refractivity (Wildman–Crippen MR) is 176 cm³/mol. The molecule has 1 aliphatic carbocycles. The van der Waals surface area contributed by atoms with Gasteiger partial charge in [-0.25, -0.2) is 0 Å². The molecule has 1 aromatic carbocycles. The number of aliphatic imine (C=N–C) groups is 1. The van der Waals surface area contributed by atoms with Crippen LogP contribution in [0.4, 0.5) is 0 Å². The topological polar surface area (TPSA) is 24.4 Å². The van der Waals surface area contributed by atoms with E-state index in [2.05, 4.69) is 112 Å². The highest BCUT2D eigenvalue weighted by atomic mass is 15.0. The van der Waals surface area contributed by atoms with Gasteiger partial charge in [0.05, 0.1) is 23.1 Å². The summed E-state index contributed by atoms with van der Waals surface area (Å²) in [7, 11) is 0. The first-order valence-electron chi connectivity index (χ1n) is 16.5. The van der Waals surface area contributed by atoms with Gasteiger partial charge in [0.1, 0.15) is 5.57 Å². The number of benzene rings is 1.